The molecule has 6 nitrogen and oxygen atoms in total. The van der Waals surface area contributed by atoms with E-state index in [1.807, 2.05) is 36.1 Å². The molecule has 0 aliphatic carbocycles. The van der Waals surface area contributed by atoms with Crippen LogP contribution in [0, 0.1) is 6.92 Å². The predicted molar refractivity (Wildman–Crippen MR) is 109 cm³/mol. The highest BCUT2D eigenvalue weighted by Gasteiger charge is 2.22. The number of hydrogen-bond acceptors (Lipinski definition) is 4. The maximum absolute atomic E-state index is 12.7. The number of nitrogens with one attached hydrogen (secondary N) is 1. The summed E-state index contributed by atoms with van der Waals surface area (Å²) in [5.74, 6) is 0.747. The van der Waals surface area contributed by atoms with Crippen molar-refractivity contribution in [3.8, 4) is 5.75 Å². The van der Waals surface area contributed by atoms with Gasteiger partial charge in [0.15, 0.2) is 0 Å². The molecule has 1 N–H and O–H groups in total. The van der Waals surface area contributed by atoms with Gasteiger partial charge in [0.2, 0.25) is 0 Å². The van der Waals surface area contributed by atoms with Gasteiger partial charge in [-0.05, 0) is 42.8 Å². The third kappa shape index (κ3) is 4.89. The van der Waals surface area contributed by atoms with E-state index in [2.05, 4.69) is 10.2 Å². The minimum absolute atomic E-state index is 0.0870. The molecule has 0 aromatic heterocycles. The normalized spacial score (nSPS) is 14.6. The molecule has 1 aliphatic heterocycles. The quantitative estimate of drug-likeness (QED) is 0.833. The average molecular weight is 381 g/mol. The van der Waals surface area contributed by atoms with Crippen molar-refractivity contribution in [3.63, 3.8) is 0 Å². The van der Waals surface area contributed by atoms with Crippen molar-refractivity contribution >= 4 is 11.8 Å². The molecule has 148 valence electrons. The summed E-state index contributed by atoms with van der Waals surface area (Å²) in [6, 6.07) is 14.8. The number of methoxy groups -OCH3 is 1. The Morgan fingerprint density at radius 1 is 1.00 bits per heavy atom. The molecule has 0 bridgehead atoms. The van der Waals surface area contributed by atoms with Crippen LogP contribution in [0.25, 0.3) is 0 Å². The fourth-order valence-corrected chi connectivity index (χ4v) is 3.33. The summed E-state index contributed by atoms with van der Waals surface area (Å²) in [5.41, 5.74) is 2.41. The van der Waals surface area contributed by atoms with E-state index in [0.29, 0.717) is 25.2 Å². The van der Waals surface area contributed by atoms with Crippen LogP contribution >= 0.6 is 0 Å². The first-order valence-electron chi connectivity index (χ1n) is 9.58. The largest absolute Gasteiger partial charge is 0.497 e. The highest BCUT2D eigenvalue weighted by Crippen LogP contribution is 2.13. The molecule has 3 rings (SSSR count). The van der Waals surface area contributed by atoms with Crippen LogP contribution in [0.15, 0.2) is 48.5 Å². The van der Waals surface area contributed by atoms with Gasteiger partial charge < -0.3 is 15.0 Å². The molecule has 0 radical (unpaired) electrons. The molecule has 0 saturated carbocycles. The van der Waals surface area contributed by atoms with Gasteiger partial charge in [-0.3, -0.25) is 14.5 Å². The molecule has 28 heavy (non-hydrogen) atoms. The third-order valence-corrected chi connectivity index (χ3v) is 5.10. The van der Waals surface area contributed by atoms with E-state index in [1.165, 1.54) is 0 Å². The predicted octanol–water partition coefficient (Wildman–Crippen LogP) is 2.19. The SMILES string of the molecule is COc1ccc(C(=O)NCCN2CCN(C(=O)c3ccccc3C)CC2)cc1. The number of piperazine rings is 1. The fourth-order valence-electron chi connectivity index (χ4n) is 3.33. The number of carbonyl (C=O) groups is 2. The maximum atomic E-state index is 12.7. The highest BCUT2D eigenvalue weighted by atomic mass is 16.5. The molecule has 0 unspecified atom stereocenters. The summed E-state index contributed by atoms with van der Waals surface area (Å²) in [4.78, 5) is 29.1. The summed E-state index contributed by atoms with van der Waals surface area (Å²) >= 11 is 0. The lowest BCUT2D eigenvalue weighted by Gasteiger charge is -2.35. The van der Waals surface area contributed by atoms with Crippen LogP contribution in [-0.2, 0) is 0 Å². The van der Waals surface area contributed by atoms with Crippen LogP contribution in [-0.4, -0.2) is 68.0 Å². The summed E-state index contributed by atoms with van der Waals surface area (Å²) in [5, 5.41) is 2.95. The van der Waals surface area contributed by atoms with Crippen molar-refractivity contribution in [2.45, 2.75) is 6.92 Å². The van der Waals surface area contributed by atoms with Gasteiger partial charge in [0.1, 0.15) is 5.75 Å². The molecule has 6 heteroatoms. The first kappa shape index (κ1) is 19.9. The van der Waals surface area contributed by atoms with E-state index in [-0.39, 0.29) is 11.8 Å². The van der Waals surface area contributed by atoms with Crippen LogP contribution in [0.2, 0.25) is 0 Å². The van der Waals surface area contributed by atoms with E-state index < -0.39 is 0 Å². The highest BCUT2D eigenvalue weighted by molar-refractivity contribution is 5.95. The van der Waals surface area contributed by atoms with Gasteiger partial charge in [-0.2, -0.15) is 0 Å². The smallest absolute Gasteiger partial charge is 0.254 e. The lowest BCUT2D eigenvalue weighted by atomic mass is 10.1. The number of carbonyl (C=O) groups excluding carboxylic acids is 2. The van der Waals surface area contributed by atoms with E-state index in [1.54, 1.807) is 31.4 Å². The van der Waals surface area contributed by atoms with E-state index >= 15 is 0 Å². The Labute approximate surface area is 166 Å². The van der Waals surface area contributed by atoms with Crippen molar-refractivity contribution in [2.24, 2.45) is 0 Å². The Hall–Kier alpha value is -2.86. The molecular formula is C22H27N3O3. The number of aryl methyl sites for hydroxylation is 1. The van der Waals surface area contributed by atoms with Crippen LogP contribution in [0.3, 0.4) is 0 Å². The number of rotatable bonds is 6. The zero-order chi connectivity index (χ0) is 19.9. The Kier molecular flexibility index (Phi) is 6.66. The minimum Gasteiger partial charge on any atom is -0.497 e. The number of hydrogen-bond donors (Lipinski definition) is 1. The Morgan fingerprint density at radius 3 is 2.32 bits per heavy atom. The lowest BCUT2D eigenvalue weighted by molar-refractivity contribution is 0.0637. The van der Waals surface area contributed by atoms with Gasteiger partial charge in [0.25, 0.3) is 11.8 Å². The van der Waals surface area contributed by atoms with E-state index in [9.17, 15) is 9.59 Å². The zero-order valence-electron chi connectivity index (χ0n) is 16.5. The van der Waals surface area contributed by atoms with Crippen LogP contribution in [0.1, 0.15) is 26.3 Å². The first-order chi connectivity index (χ1) is 13.6. The van der Waals surface area contributed by atoms with Crippen molar-refractivity contribution < 1.29 is 14.3 Å². The minimum atomic E-state index is -0.0870. The Balaban J connectivity index is 1.41. The van der Waals surface area contributed by atoms with Crippen LogP contribution in [0.4, 0.5) is 0 Å². The molecular weight excluding hydrogens is 354 g/mol. The van der Waals surface area contributed by atoms with Gasteiger partial charge in [0, 0.05) is 50.4 Å². The molecule has 1 aliphatic rings. The van der Waals surface area contributed by atoms with Gasteiger partial charge in [-0.15, -0.1) is 0 Å². The summed E-state index contributed by atoms with van der Waals surface area (Å²) in [6.45, 7) is 6.37. The van der Waals surface area contributed by atoms with Crippen molar-refractivity contribution in [3.05, 3.63) is 65.2 Å². The molecule has 2 amide bonds. The average Bonchev–Trinajstić information content (AvgIpc) is 2.74. The first-order valence-corrected chi connectivity index (χ1v) is 9.58. The topological polar surface area (TPSA) is 61.9 Å². The van der Waals surface area contributed by atoms with Gasteiger partial charge in [0.05, 0.1) is 7.11 Å². The molecule has 0 atom stereocenters. The molecule has 1 fully saturated rings. The molecule has 1 saturated heterocycles. The molecule has 2 aromatic carbocycles. The zero-order valence-corrected chi connectivity index (χ0v) is 16.5. The lowest BCUT2D eigenvalue weighted by Crippen LogP contribution is -2.50. The molecule has 2 aromatic rings. The Morgan fingerprint density at radius 2 is 1.68 bits per heavy atom. The van der Waals surface area contributed by atoms with Crippen molar-refractivity contribution in [1.29, 1.82) is 0 Å². The van der Waals surface area contributed by atoms with Crippen LogP contribution < -0.4 is 10.1 Å². The third-order valence-electron chi connectivity index (χ3n) is 5.10. The number of nitrogens with zero attached hydrogens (tertiary/aromatic N) is 2. The van der Waals surface area contributed by atoms with E-state index in [0.717, 1.165) is 36.5 Å². The monoisotopic (exact) mass is 381 g/mol. The molecule has 1 heterocycles. The second-order valence-electron chi connectivity index (χ2n) is 6.93. The van der Waals surface area contributed by atoms with Crippen molar-refractivity contribution in [1.82, 2.24) is 15.1 Å². The second kappa shape index (κ2) is 9.37. The fraction of sp³-hybridized carbons (Fsp3) is 0.364. The summed E-state index contributed by atoms with van der Waals surface area (Å²) < 4.78 is 5.10. The second-order valence-corrected chi connectivity index (χ2v) is 6.93. The summed E-state index contributed by atoms with van der Waals surface area (Å²) in [7, 11) is 1.60. The number of ether oxygens (including phenoxy) is 1. The maximum Gasteiger partial charge on any atom is 0.254 e. The van der Waals surface area contributed by atoms with Gasteiger partial charge in [-0.25, -0.2) is 0 Å². The number of amides is 2. The number of benzene rings is 2. The van der Waals surface area contributed by atoms with Gasteiger partial charge >= 0.3 is 0 Å². The Bertz CT molecular complexity index is 812. The van der Waals surface area contributed by atoms with Crippen molar-refractivity contribution in [2.75, 3.05) is 46.4 Å². The van der Waals surface area contributed by atoms with E-state index in [4.69, 9.17) is 4.74 Å². The molecule has 0 spiro atoms. The van der Waals surface area contributed by atoms with Gasteiger partial charge in [-0.1, -0.05) is 18.2 Å². The standard InChI is InChI=1S/C22H27N3O3/c1-17-5-3-4-6-20(17)22(27)25-15-13-24(14-16-25)12-11-23-21(26)18-7-9-19(28-2)10-8-18/h3-10H,11-16H2,1-2H3,(H,23,26). The summed E-state index contributed by atoms with van der Waals surface area (Å²) in [6.07, 6.45) is 0. The van der Waals surface area contributed by atoms with Crippen LogP contribution in [0.5, 0.6) is 5.75 Å².